The van der Waals surface area contributed by atoms with Crippen molar-refractivity contribution >= 4 is 34.6 Å². The van der Waals surface area contributed by atoms with E-state index in [1.54, 1.807) is 13.2 Å². The molecule has 1 amide bonds. The first-order valence-electron chi connectivity index (χ1n) is 6.30. The highest BCUT2D eigenvalue weighted by Gasteiger charge is 2.05. The number of ether oxygens (including phenoxy) is 1. The van der Waals surface area contributed by atoms with Gasteiger partial charge in [-0.1, -0.05) is 23.7 Å². The van der Waals surface area contributed by atoms with Gasteiger partial charge in [0, 0.05) is 0 Å². The van der Waals surface area contributed by atoms with Gasteiger partial charge >= 0.3 is 0 Å². The lowest BCUT2D eigenvalue weighted by molar-refractivity contribution is -0.120. The number of rotatable bonds is 5. The molecule has 0 unspecified atom stereocenters. The molecule has 0 spiro atoms. The van der Waals surface area contributed by atoms with Crippen LogP contribution in [0.3, 0.4) is 0 Å². The maximum absolute atomic E-state index is 11.8. The molecule has 0 saturated heterocycles. The molecule has 2 rings (SSSR count). The van der Waals surface area contributed by atoms with Gasteiger partial charge in [0.25, 0.3) is 0 Å². The van der Waals surface area contributed by atoms with E-state index in [-0.39, 0.29) is 12.3 Å². The third-order valence-corrected chi connectivity index (χ3v) is 4.14. The highest BCUT2D eigenvalue weighted by molar-refractivity contribution is 7.18. The van der Waals surface area contributed by atoms with E-state index in [9.17, 15) is 4.79 Å². The van der Waals surface area contributed by atoms with E-state index in [2.05, 4.69) is 10.5 Å². The zero-order valence-corrected chi connectivity index (χ0v) is 13.3. The summed E-state index contributed by atoms with van der Waals surface area (Å²) < 4.78 is 5.77. The molecule has 1 N–H and O–H groups in total. The molecule has 0 atom stereocenters. The Bertz CT molecular complexity index is 650. The third kappa shape index (κ3) is 4.58. The predicted octanol–water partition coefficient (Wildman–Crippen LogP) is 3.49. The number of carbonyl (C=O) groups excluding carboxylic acids is 1. The van der Waals surface area contributed by atoms with Gasteiger partial charge in [-0.3, -0.25) is 4.79 Å². The molecule has 0 aliphatic carbocycles. The van der Waals surface area contributed by atoms with Crippen LogP contribution in [-0.2, 0) is 11.2 Å². The number of hydrazone groups is 1. The number of hydrogen-bond donors (Lipinski definition) is 1. The molecule has 4 nitrogen and oxygen atoms in total. The number of nitrogens with zero attached hydrogens (tertiary/aromatic N) is 1. The van der Waals surface area contributed by atoms with Crippen LogP contribution in [0.2, 0.25) is 4.34 Å². The average molecular weight is 323 g/mol. The van der Waals surface area contributed by atoms with Gasteiger partial charge in [-0.05, 0) is 36.8 Å². The average Bonchev–Trinajstić information content (AvgIpc) is 2.92. The largest absolute Gasteiger partial charge is 0.497 e. The lowest BCUT2D eigenvalue weighted by Crippen LogP contribution is -2.21. The van der Waals surface area contributed by atoms with Gasteiger partial charge in [0.05, 0.1) is 28.5 Å². The Kier molecular flexibility index (Phi) is 5.36. The molecule has 110 valence electrons. The van der Waals surface area contributed by atoms with E-state index in [1.807, 2.05) is 37.3 Å². The molecule has 0 saturated carbocycles. The fourth-order valence-electron chi connectivity index (χ4n) is 1.68. The van der Waals surface area contributed by atoms with Crippen LogP contribution in [-0.4, -0.2) is 18.7 Å². The Morgan fingerprint density at radius 2 is 2.00 bits per heavy atom. The van der Waals surface area contributed by atoms with Crippen molar-refractivity contribution in [1.29, 1.82) is 0 Å². The molecule has 0 aliphatic heterocycles. The van der Waals surface area contributed by atoms with Gasteiger partial charge in [0.2, 0.25) is 5.91 Å². The molecule has 21 heavy (non-hydrogen) atoms. The summed E-state index contributed by atoms with van der Waals surface area (Å²) in [5.41, 5.74) is 4.18. The molecule has 0 bridgehead atoms. The summed E-state index contributed by atoms with van der Waals surface area (Å²) in [6.45, 7) is 1.83. The van der Waals surface area contributed by atoms with Crippen LogP contribution in [0.5, 0.6) is 5.75 Å². The molecular weight excluding hydrogens is 308 g/mol. The second-order valence-electron chi connectivity index (χ2n) is 4.36. The number of nitrogens with one attached hydrogen (secondary N) is 1. The van der Waals surface area contributed by atoms with E-state index >= 15 is 0 Å². The van der Waals surface area contributed by atoms with Crippen molar-refractivity contribution in [2.24, 2.45) is 5.10 Å². The summed E-state index contributed by atoms with van der Waals surface area (Å²) in [5, 5.41) is 4.08. The summed E-state index contributed by atoms with van der Waals surface area (Å²) in [6.07, 6.45) is 0.270. The van der Waals surface area contributed by atoms with E-state index in [0.717, 1.165) is 21.9 Å². The van der Waals surface area contributed by atoms with Crippen molar-refractivity contribution in [3.05, 3.63) is 51.2 Å². The van der Waals surface area contributed by atoms with Gasteiger partial charge in [-0.2, -0.15) is 5.10 Å². The van der Waals surface area contributed by atoms with Crippen LogP contribution in [0.15, 0.2) is 41.5 Å². The molecule has 2 aromatic rings. The van der Waals surface area contributed by atoms with Crippen LogP contribution in [0.25, 0.3) is 0 Å². The second kappa shape index (κ2) is 7.24. The zero-order valence-electron chi connectivity index (χ0n) is 11.7. The quantitative estimate of drug-likeness (QED) is 0.676. The molecule has 1 heterocycles. The fraction of sp³-hybridized carbons (Fsp3) is 0.200. The van der Waals surface area contributed by atoms with Crippen molar-refractivity contribution in [2.45, 2.75) is 13.3 Å². The smallest absolute Gasteiger partial charge is 0.244 e. The van der Waals surface area contributed by atoms with Crippen molar-refractivity contribution in [2.75, 3.05) is 7.11 Å². The van der Waals surface area contributed by atoms with Crippen LogP contribution in [0, 0.1) is 0 Å². The summed E-state index contributed by atoms with van der Waals surface area (Å²) in [5.74, 6) is 0.602. The number of carbonyl (C=O) groups is 1. The maximum atomic E-state index is 11.8. The van der Waals surface area contributed by atoms with E-state index in [1.165, 1.54) is 11.3 Å². The van der Waals surface area contributed by atoms with E-state index < -0.39 is 0 Å². The Morgan fingerprint density at radius 3 is 2.57 bits per heavy atom. The van der Waals surface area contributed by atoms with E-state index in [4.69, 9.17) is 16.3 Å². The van der Waals surface area contributed by atoms with Gasteiger partial charge in [0.1, 0.15) is 5.75 Å². The summed E-state index contributed by atoms with van der Waals surface area (Å²) in [6, 6.07) is 11.0. The number of thiophene rings is 1. The molecule has 0 fully saturated rings. The fourth-order valence-corrected chi connectivity index (χ4v) is 2.67. The van der Waals surface area contributed by atoms with Gasteiger partial charge in [-0.25, -0.2) is 5.43 Å². The first kappa shape index (κ1) is 15.5. The topological polar surface area (TPSA) is 50.7 Å². The monoisotopic (exact) mass is 322 g/mol. The minimum atomic E-state index is -0.165. The van der Waals surface area contributed by atoms with Crippen molar-refractivity contribution < 1.29 is 9.53 Å². The number of amides is 1. The van der Waals surface area contributed by atoms with Gasteiger partial charge < -0.3 is 4.74 Å². The van der Waals surface area contributed by atoms with Crippen LogP contribution in [0.1, 0.15) is 17.4 Å². The van der Waals surface area contributed by atoms with Crippen molar-refractivity contribution in [3.8, 4) is 5.75 Å². The zero-order chi connectivity index (χ0) is 15.2. The van der Waals surface area contributed by atoms with Crippen LogP contribution < -0.4 is 10.2 Å². The number of methoxy groups -OCH3 is 1. The highest BCUT2D eigenvalue weighted by Crippen LogP contribution is 2.21. The molecule has 0 radical (unpaired) electrons. The van der Waals surface area contributed by atoms with E-state index in [0.29, 0.717) is 4.34 Å². The summed E-state index contributed by atoms with van der Waals surface area (Å²) in [7, 11) is 1.61. The maximum Gasteiger partial charge on any atom is 0.244 e. The number of halogens is 1. The SMILES string of the molecule is COc1ccc(CC(=O)NN=C(C)c2ccc(Cl)s2)cc1. The third-order valence-electron chi connectivity index (χ3n) is 2.80. The van der Waals surface area contributed by atoms with Crippen LogP contribution >= 0.6 is 22.9 Å². The normalized spacial score (nSPS) is 11.3. The minimum absolute atomic E-state index is 0.165. The number of benzene rings is 1. The Labute approximate surface area is 132 Å². The number of hydrogen-bond acceptors (Lipinski definition) is 4. The lowest BCUT2D eigenvalue weighted by Gasteiger charge is -2.03. The van der Waals surface area contributed by atoms with Crippen molar-refractivity contribution in [1.82, 2.24) is 5.43 Å². The van der Waals surface area contributed by atoms with Gasteiger partial charge in [-0.15, -0.1) is 11.3 Å². The van der Waals surface area contributed by atoms with Crippen molar-refractivity contribution in [3.63, 3.8) is 0 Å². The minimum Gasteiger partial charge on any atom is -0.497 e. The molecule has 1 aromatic carbocycles. The molecule has 6 heteroatoms. The first-order chi connectivity index (χ1) is 10.1. The standard InChI is InChI=1S/C15H15ClN2O2S/c1-10(13-7-8-14(16)21-13)17-18-15(19)9-11-3-5-12(20-2)6-4-11/h3-8H,9H2,1-2H3,(H,18,19). The van der Waals surface area contributed by atoms with Crippen LogP contribution in [0.4, 0.5) is 0 Å². The van der Waals surface area contributed by atoms with Gasteiger partial charge in [0.15, 0.2) is 0 Å². The summed E-state index contributed by atoms with van der Waals surface area (Å²) in [4.78, 5) is 12.8. The Balaban J connectivity index is 1.92. The first-order valence-corrected chi connectivity index (χ1v) is 7.49. The lowest BCUT2D eigenvalue weighted by atomic mass is 10.1. The molecular formula is C15H15ClN2O2S. The molecule has 0 aliphatic rings. The highest BCUT2D eigenvalue weighted by atomic mass is 35.5. The predicted molar refractivity (Wildman–Crippen MR) is 86.4 cm³/mol. The second-order valence-corrected chi connectivity index (χ2v) is 6.08. The summed E-state index contributed by atoms with van der Waals surface area (Å²) >= 11 is 7.29. The Hall–Kier alpha value is -1.85. The Morgan fingerprint density at radius 1 is 1.29 bits per heavy atom. The molecule has 1 aromatic heterocycles.